The first-order chi connectivity index (χ1) is 19.7. The number of ketones is 1. The summed E-state index contributed by atoms with van der Waals surface area (Å²) in [7, 11) is 0. The first-order valence-corrected chi connectivity index (χ1v) is 17.1. The number of thiol groups is 1. The minimum absolute atomic E-state index is 0.462. The molecule has 0 atom stereocenters. The van der Waals surface area contributed by atoms with Crippen molar-refractivity contribution in [3.8, 4) is 0 Å². The van der Waals surface area contributed by atoms with Gasteiger partial charge in [-0.15, -0.1) is 12.6 Å². The van der Waals surface area contributed by atoms with Crippen LogP contribution < -0.4 is 0 Å². The van der Waals surface area contributed by atoms with Crippen LogP contribution >= 0.6 is 12.6 Å². The number of carbonyl (C=O) groups excluding carboxylic acids is 1. The summed E-state index contributed by atoms with van der Waals surface area (Å²) in [6.45, 7) is 12.1. The maximum atomic E-state index is 12.2. The van der Waals surface area contributed by atoms with Crippen LogP contribution in [0.1, 0.15) is 162 Å². The maximum absolute atomic E-state index is 12.2. The van der Waals surface area contributed by atoms with E-state index in [0.29, 0.717) is 11.3 Å². The van der Waals surface area contributed by atoms with Gasteiger partial charge in [0.15, 0.2) is 0 Å². The third kappa shape index (κ3) is 33.0. The maximum Gasteiger partial charge on any atom is 0.132 e. The molecule has 0 aromatic heterocycles. The number of Topliss-reactive ketones (excluding diaryl/α,β-unsaturated/α-hetero) is 1. The van der Waals surface area contributed by atoms with Crippen molar-refractivity contribution in [3.63, 3.8) is 0 Å². The van der Waals surface area contributed by atoms with Gasteiger partial charge in [-0.2, -0.15) is 0 Å². The van der Waals surface area contributed by atoms with Gasteiger partial charge in [0.1, 0.15) is 17.4 Å². The van der Waals surface area contributed by atoms with Gasteiger partial charge in [-0.3, -0.25) is 4.79 Å². The Bertz CT molecular complexity index is 715. The van der Waals surface area contributed by atoms with Crippen molar-refractivity contribution in [2.75, 3.05) is 0 Å². The molecular formula is C37H64F2OS. The van der Waals surface area contributed by atoms with Crippen molar-refractivity contribution in [1.82, 2.24) is 0 Å². The zero-order valence-electron chi connectivity index (χ0n) is 27.6. The normalized spacial score (nSPS) is 11.3. The second kappa shape index (κ2) is 31.5. The van der Waals surface area contributed by atoms with Crippen LogP contribution in [-0.2, 0) is 4.79 Å². The minimum Gasteiger partial charge on any atom is -0.300 e. The van der Waals surface area contributed by atoms with E-state index in [1.54, 1.807) is 6.92 Å². The Balaban J connectivity index is 0. The third-order valence-electron chi connectivity index (χ3n) is 7.19. The van der Waals surface area contributed by atoms with E-state index in [4.69, 9.17) is 0 Å². The Morgan fingerprint density at radius 3 is 1.54 bits per heavy atom. The average Bonchev–Trinajstić information content (AvgIpc) is 2.93. The number of allylic oxidation sites excluding steroid dienone is 4. The molecule has 0 saturated heterocycles. The highest BCUT2D eigenvalue weighted by Gasteiger charge is 2.11. The van der Waals surface area contributed by atoms with Crippen LogP contribution in [-0.4, -0.2) is 5.78 Å². The monoisotopic (exact) mass is 594 g/mol. The van der Waals surface area contributed by atoms with E-state index < -0.39 is 11.6 Å². The Morgan fingerprint density at radius 2 is 1.20 bits per heavy atom. The van der Waals surface area contributed by atoms with Crippen molar-refractivity contribution in [2.45, 2.75) is 164 Å². The van der Waals surface area contributed by atoms with Crippen molar-refractivity contribution in [3.05, 3.63) is 58.5 Å². The van der Waals surface area contributed by atoms with Crippen LogP contribution in [0, 0.1) is 24.5 Å². The lowest BCUT2D eigenvalue weighted by atomic mass is 9.89. The second-order valence-electron chi connectivity index (χ2n) is 11.4. The fourth-order valence-electron chi connectivity index (χ4n) is 4.68. The van der Waals surface area contributed by atoms with E-state index in [-0.39, 0.29) is 0 Å². The summed E-state index contributed by atoms with van der Waals surface area (Å²) in [6.07, 6.45) is 30.9. The van der Waals surface area contributed by atoms with E-state index in [9.17, 15) is 13.6 Å². The molecule has 0 unspecified atom stereocenters. The number of hydrogen-bond acceptors (Lipinski definition) is 2. The summed E-state index contributed by atoms with van der Waals surface area (Å²) in [4.78, 5) is 12.7. The molecule has 0 radical (unpaired) electrons. The second-order valence-corrected chi connectivity index (χ2v) is 12.1. The highest BCUT2D eigenvalue weighted by molar-refractivity contribution is 7.84. The van der Waals surface area contributed by atoms with Gasteiger partial charge in [0.25, 0.3) is 0 Å². The number of carbonyl (C=O) groups is 1. The van der Waals surface area contributed by atoms with E-state index in [1.807, 2.05) is 39.0 Å². The molecule has 0 spiro atoms. The molecule has 1 nitrogen and oxygen atoms in total. The lowest BCUT2D eigenvalue weighted by molar-refractivity contribution is -0.119. The van der Waals surface area contributed by atoms with Gasteiger partial charge < -0.3 is 0 Å². The Kier molecular flexibility index (Phi) is 32.1. The van der Waals surface area contributed by atoms with Gasteiger partial charge in [-0.25, -0.2) is 8.78 Å². The van der Waals surface area contributed by atoms with Crippen LogP contribution in [0.5, 0.6) is 0 Å². The molecule has 238 valence electrons. The van der Waals surface area contributed by atoms with E-state index >= 15 is 0 Å². The summed E-state index contributed by atoms with van der Waals surface area (Å²) in [5.74, 6) is 0.228. The molecule has 0 fully saturated rings. The predicted molar refractivity (Wildman–Crippen MR) is 182 cm³/mol. The fourth-order valence-corrected chi connectivity index (χ4v) is 4.77. The average molecular weight is 595 g/mol. The zero-order valence-corrected chi connectivity index (χ0v) is 28.5. The largest absolute Gasteiger partial charge is 0.300 e. The number of rotatable bonds is 21. The Labute approximate surface area is 259 Å². The fraction of sp³-hybridized carbons (Fsp3) is 0.703. The van der Waals surface area contributed by atoms with Gasteiger partial charge in [0.2, 0.25) is 0 Å². The Morgan fingerprint density at radius 1 is 0.756 bits per heavy atom. The molecule has 0 amide bonds. The van der Waals surface area contributed by atoms with Gasteiger partial charge in [-0.1, -0.05) is 142 Å². The standard InChI is InChI=1S/C24H48O.C7H6F2.C6H10S/c1-4-7-9-11-13-15-17-19-23(21-22-24(25)6-3)20-18-16-14-12-10-8-5-2;1-5-2-6(8)4-7(9)3-5;1-3-4-5-6(2)7/h23H,4-22H2,1-3H3;2-4H,1H3;3-5,7H,1-2H3/b;;4-3-,6-5+. The highest BCUT2D eigenvalue weighted by Crippen LogP contribution is 2.24. The zero-order chi connectivity index (χ0) is 31.1. The summed E-state index contributed by atoms with van der Waals surface area (Å²) < 4.78 is 24.4. The van der Waals surface area contributed by atoms with Crippen LogP contribution in [0.25, 0.3) is 0 Å². The number of halogens is 2. The van der Waals surface area contributed by atoms with E-state index in [1.165, 1.54) is 115 Å². The van der Waals surface area contributed by atoms with Gasteiger partial charge in [0, 0.05) is 18.9 Å². The number of unbranched alkanes of at least 4 members (excludes halogenated alkanes) is 12. The molecular weight excluding hydrogens is 530 g/mol. The van der Waals surface area contributed by atoms with Crippen molar-refractivity contribution < 1.29 is 13.6 Å². The molecule has 0 saturated carbocycles. The molecule has 4 heteroatoms. The summed E-state index contributed by atoms with van der Waals surface area (Å²) >= 11 is 4.04. The van der Waals surface area contributed by atoms with Crippen LogP contribution in [0.4, 0.5) is 8.78 Å². The molecule has 0 aliphatic carbocycles. The summed E-state index contributed by atoms with van der Waals surface area (Å²) in [5.41, 5.74) is 0.604. The molecule has 0 N–H and O–H groups in total. The smallest absolute Gasteiger partial charge is 0.132 e. The van der Waals surface area contributed by atoms with Crippen molar-refractivity contribution in [1.29, 1.82) is 0 Å². The quantitative estimate of drug-likeness (QED) is 0.0851. The van der Waals surface area contributed by atoms with Crippen LogP contribution in [0.3, 0.4) is 0 Å². The van der Waals surface area contributed by atoms with E-state index in [2.05, 4.69) is 26.5 Å². The third-order valence-corrected chi connectivity index (χ3v) is 7.34. The number of aryl methyl sites for hydroxylation is 1. The van der Waals surface area contributed by atoms with Crippen LogP contribution in [0.2, 0.25) is 0 Å². The van der Waals surface area contributed by atoms with Crippen molar-refractivity contribution in [2.24, 2.45) is 5.92 Å². The minimum atomic E-state index is -0.521. The first kappa shape index (κ1) is 41.7. The highest BCUT2D eigenvalue weighted by atomic mass is 32.1. The SMILES string of the molecule is C/C=C\C=C(/C)S.CCCCCCCCCC(CCCCCCCCC)CCC(=O)CC.Cc1cc(F)cc(F)c1. The van der Waals surface area contributed by atoms with Gasteiger partial charge >= 0.3 is 0 Å². The van der Waals surface area contributed by atoms with Gasteiger partial charge in [0.05, 0.1) is 0 Å². The molecule has 1 rings (SSSR count). The van der Waals surface area contributed by atoms with Gasteiger partial charge in [-0.05, 0) is 55.7 Å². The Hall–Kier alpha value is -1.42. The van der Waals surface area contributed by atoms with Crippen molar-refractivity contribution >= 4 is 18.4 Å². The lowest BCUT2D eigenvalue weighted by Crippen LogP contribution is -2.05. The van der Waals surface area contributed by atoms with E-state index in [0.717, 1.165) is 36.2 Å². The predicted octanol–water partition coefficient (Wildman–Crippen LogP) is 13.3. The molecule has 0 heterocycles. The summed E-state index contributed by atoms with van der Waals surface area (Å²) in [6, 6.07) is 3.42. The first-order valence-electron chi connectivity index (χ1n) is 16.6. The molecule has 0 aliphatic heterocycles. The topological polar surface area (TPSA) is 17.1 Å². The molecule has 41 heavy (non-hydrogen) atoms. The van der Waals surface area contributed by atoms with Crippen LogP contribution in [0.15, 0.2) is 41.3 Å². The molecule has 1 aromatic rings. The molecule has 0 aliphatic rings. The number of hydrogen-bond donors (Lipinski definition) is 1. The molecule has 1 aromatic carbocycles. The lowest BCUT2D eigenvalue weighted by Gasteiger charge is -2.16. The number of benzene rings is 1. The molecule has 0 bridgehead atoms. The summed E-state index contributed by atoms with van der Waals surface area (Å²) in [5, 5.41) is 0.